The number of carboxylic acid groups (broad SMARTS) is 1. The summed E-state index contributed by atoms with van der Waals surface area (Å²) in [4.78, 5) is 43.6. The number of carboxylic acids is 1. The largest absolute Gasteiger partial charge is 0.481 e. The Morgan fingerprint density at radius 3 is 2.30 bits per heavy atom. The lowest BCUT2D eigenvalue weighted by Crippen LogP contribution is -2.17. The van der Waals surface area contributed by atoms with Crippen molar-refractivity contribution in [2.75, 3.05) is 0 Å². The maximum absolute atomic E-state index is 12.6. The Morgan fingerprint density at radius 2 is 1.73 bits per heavy atom. The van der Waals surface area contributed by atoms with Gasteiger partial charge in [-0.3, -0.25) is 25.1 Å². The van der Waals surface area contributed by atoms with Crippen molar-refractivity contribution < 1.29 is 29.2 Å². The molecule has 6 N–H and O–H groups in total. The van der Waals surface area contributed by atoms with E-state index in [-0.39, 0.29) is 29.3 Å². The fourth-order valence-electron chi connectivity index (χ4n) is 2.95. The van der Waals surface area contributed by atoms with E-state index in [9.17, 15) is 19.7 Å². The lowest BCUT2D eigenvalue weighted by Gasteiger charge is -2.13. The monoisotopic (exact) mass is 452 g/mol. The molecule has 0 bridgehead atoms. The highest BCUT2D eigenvalue weighted by Crippen LogP contribution is 2.31. The summed E-state index contributed by atoms with van der Waals surface area (Å²) in [5.74, 6) is -2.45. The topological polar surface area (TPSA) is 200 Å². The number of fused-ring (bicyclic) bond motifs is 1. The first-order valence-corrected chi connectivity index (χ1v) is 9.34. The zero-order chi connectivity index (χ0) is 24.7. The summed E-state index contributed by atoms with van der Waals surface area (Å²) in [5.41, 5.74) is 11.1. The van der Waals surface area contributed by atoms with Crippen LogP contribution in [0.15, 0.2) is 54.6 Å². The number of nitrogens with zero attached hydrogens (tertiary/aromatic N) is 1. The smallest absolute Gasteiger partial charge is 0.350 e. The van der Waals surface area contributed by atoms with E-state index in [0.717, 1.165) is 6.92 Å². The number of carbonyl (C=O) groups is 3. The van der Waals surface area contributed by atoms with Crippen LogP contribution in [0.1, 0.15) is 28.4 Å². The maximum Gasteiger partial charge on any atom is 0.350 e. The predicted molar refractivity (Wildman–Crippen MR) is 119 cm³/mol. The average Bonchev–Trinajstić information content (AvgIpc) is 2.74. The summed E-state index contributed by atoms with van der Waals surface area (Å²) in [7, 11) is 0. The van der Waals surface area contributed by atoms with Gasteiger partial charge < -0.3 is 21.3 Å². The van der Waals surface area contributed by atoms with Crippen molar-refractivity contribution >= 4 is 40.1 Å². The molecule has 0 aliphatic carbocycles. The van der Waals surface area contributed by atoms with Crippen LogP contribution in [-0.2, 0) is 16.0 Å². The molecule has 0 saturated heterocycles. The molecule has 0 heterocycles. The van der Waals surface area contributed by atoms with Gasteiger partial charge in [-0.25, -0.2) is 4.79 Å². The van der Waals surface area contributed by atoms with Crippen molar-refractivity contribution in [2.45, 2.75) is 13.3 Å². The van der Waals surface area contributed by atoms with Crippen molar-refractivity contribution in [3.05, 3.63) is 81.4 Å². The van der Waals surface area contributed by atoms with E-state index < -0.39 is 22.8 Å². The Labute approximate surface area is 187 Å². The number of nitrogen functional groups attached to an aromatic ring is 1. The van der Waals surface area contributed by atoms with Crippen molar-refractivity contribution in [2.24, 2.45) is 11.5 Å². The van der Waals surface area contributed by atoms with Crippen LogP contribution in [0.5, 0.6) is 5.75 Å². The molecular weight excluding hydrogens is 432 g/mol. The number of carbonyl (C=O) groups excluding carboxylic acids is 2. The van der Waals surface area contributed by atoms with Crippen LogP contribution >= 0.6 is 0 Å². The third-order valence-corrected chi connectivity index (χ3v) is 4.27. The van der Waals surface area contributed by atoms with Crippen molar-refractivity contribution in [3.63, 3.8) is 0 Å². The Hall–Kier alpha value is -4.80. The summed E-state index contributed by atoms with van der Waals surface area (Å²) in [6.07, 6.45) is -0.212. The summed E-state index contributed by atoms with van der Waals surface area (Å²) in [6.45, 7) is 1.08. The first-order chi connectivity index (χ1) is 15.5. The minimum Gasteiger partial charge on any atom is -0.481 e. The predicted octanol–water partition coefficient (Wildman–Crippen LogP) is 2.37. The van der Waals surface area contributed by atoms with Crippen LogP contribution in [0, 0.1) is 15.5 Å². The van der Waals surface area contributed by atoms with Gasteiger partial charge in [0.05, 0.1) is 11.3 Å². The second-order valence-electron chi connectivity index (χ2n) is 6.72. The molecule has 11 nitrogen and oxygen atoms in total. The third kappa shape index (κ3) is 6.34. The second-order valence-corrected chi connectivity index (χ2v) is 6.72. The number of nitro groups is 1. The van der Waals surface area contributed by atoms with Gasteiger partial charge in [0, 0.05) is 24.1 Å². The highest BCUT2D eigenvalue weighted by molar-refractivity contribution is 6.01. The van der Waals surface area contributed by atoms with E-state index in [2.05, 4.69) is 0 Å². The zero-order valence-electron chi connectivity index (χ0n) is 17.4. The molecule has 0 radical (unpaired) electrons. The molecule has 11 heteroatoms. The number of aliphatic carboxylic acids is 1. The molecule has 0 aromatic heterocycles. The van der Waals surface area contributed by atoms with Gasteiger partial charge >= 0.3 is 5.97 Å². The Bertz CT molecular complexity index is 1270. The first kappa shape index (κ1) is 24.5. The van der Waals surface area contributed by atoms with Crippen LogP contribution in [0.4, 0.5) is 5.69 Å². The highest BCUT2D eigenvalue weighted by Gasteiger charge is 2.23. The first-order valence-electron chi connectivity index (χ1n) is 9.34. The molecule has 0 saturated carbocycles. The van der Waals surface area contributed by atoms with Gasteiger partial charge in [0.1, 0.15) is 17.1 Å². The van der Waals surface area contributed by atoms with Gasteiger partial charge in [-0.05, 0) is 29.0 Å². The minimum absolute atomic E-state index is 0.0648. The molecular formula is C22H20N4O7. The van der Waals surface area contributed by atoms with E-state index in [0.29, 0.717) is 21.9 Å². The Morgan fingerprint density at radius 1 is 1.09 bits per heavy atom. The van der Waals surface area contributed by atoms with Gasteiger partial charge in [-0.1, -0.05) is 30.3 Å². The second kappa shape index (κ2) is 10.5. The van der Waals surface area contributed by atoms with E-state index in [4.69, 9.17) is 31.5 Å². The number of amidine groups is 1. The van der Waals surface area contributed by atoms with Gasteiger partial charge in [-0.15, -0.1) is 0 Å². The molecule has 3 aromatic rings. The van der Waals surface area contributed by atoms with Gasteiger partial charge in [0.2, 0.25) is 5.91 Å². The van der Waals surface area contributed by atoms with E-state index in [1.165, 1.54) is 30.3 Å². The molecule has 0 aliphatic heterocycles. The number of nitro benzene ring substituents is 1. The van der Waals surface area contributed by atoms with Crippen molar-refractivity contribution in [1.82, 2.24) is 0 Å². The van der Waals surface area contributed by atoms with Crippen LogP contribution in [-0.4, -0.2) is 33.7 Å². The number of nitrogens with two attached hydrogens (primary N) is 2. The Balaban J connectivity index is 0.000000890. The third-order valence-electron chi connectivity index (χ3n) is 4.27. The molecule has 0 aliphatic rings. The lowest BCUT2D eigenvalue weighted by atomic mass is 9.98. The number of amides is 1. The van der Waals surface area contributed by atoms with Crippen molar-refractivity contribution in [1.29, 1.82) is 5.41 Å². The minimum atomic E-state index is -0.928. The fraction of sp³-hybridized carbons (Fsp3) is 0.0909. The number of para-hydroxylation sites is 1. The molecule has 0 atom stereocenters. The SMILES string of the molecule is CC(=O)O.N=C(N)c1ccc2c(CC(N)=O)c(OC(=O)c3ccccc3[N+](=O)[O-])ccc2c1. The molecule has 33 heavy (non-hydrogen) atoms. The highest BCUT2D eigenvalue weighted by atomic mass is 16.6. The normalized spacial score (nSPS) is 9.97. The Kier molecular flexibility index (Phi) is 7.77. The van der Waals surface area contributed by atoms with Crippen LogP contribution < -0.4 is 16.2 Å². The van der Waals surface area contributed by atoms with E-state index >= 15 is 0 Å². The lowest BCUT2D eigenvalue weighted by molar-refractivity contribution is -0.385. The van der Waals surface area contributed by atoms with Gasteiger partial charge in [-0.2, -0.15) is 0 Å². The number of hydrogen-bond acceptors (Lipinski definition) is 7. The van der Waals surface area contributed by atoms with Gasteiger partial charge in [0.25, 0.3) is 11.7 Å². The van der Waals surface area contributed by atoms with Gasteiger partial charge in [0.15, 0.2) is 0 Å². The molecule has 0 spiro atoms. The number of benzene rings is 3. The summed E-state index contributed by atoms with van der Waals surface area (Å²) < 4.78 is 5.39. The number of rotatable bonds is 6. The quantitative estimate of drug-likeness (QED) is 0.109. The molecule has 170 valence electrons. The van der Waals surface area contributed by atoms with Crippen molar-refractivity contribution in [3.8, 4) is 5.75 Å². The zero-order valence-corrected chi connectivity index (χ0v) is 17.4. The molecule has 0 unspecified atom stereocenters. The molecule has 1 amide bonds. The summed E-state index contributed by atoms with van der Waals surface area (Å²) in [6, 6.07) is 13.4. The standard InChI is InChI=1S/C20H16N4O5.C2H4O2/c21-18(25)10-15-13-7-5-12(19(22)23)9-11(13)6-8-17(15)29-20(26)14-3-1-2-4-16(14)24(27)28;1-2(3)4/h1-9H,10H2,(H2,21,25)(H3,22,23);1H3,(H,3,4). The van der Waals surface area contributed by atoms with Crippen LogP contribution in [0.25, 0.3) is 10.8 Å². The summed E-state index contributed by atoms with van der Waals surface area (Å²) in [5, 5.41) is 27.4. The van der Waals surface area contributed by atoms with Crippen LogP contribution in [0.3, 0.4) is 0 Å². The van der Waals surface area contributed by atoms with E-state index in [1.54, 1.807) is 24.3 Å². The fourth-order valence-corrected chi connectivity index (χ4v) is 2.95. The number of primary amides is 1. The van der Waals surface area contributed by atoms with E-state index in [1.807, 2.05) is 0 Å². The number of ether oxygens (including phenoxy) is 1. The molecule has 0 fully saturated rings. The average molecular weight is 452 g/mol. The number of hydrogen-bond donors (Lipinski definition) is 4. The molecule has 3 aromatic carbocycles. The summed E-state index contributed by atoms with van der Waals surface area (Å²) >= 11 is 0. The maximum atomic E-state index is 12.6. The van der Waals surface area contributed by atoms with Crippen LogP contribution in [0.2, 0.25) is 0 Å². The number of nitrogens with one attached hydrogen (secondary N) is 1. The molecule has 3 rings (SSSR count). The number of esters is 1.